The number of hydrogen-bond donors (Lipinski definition) is 2. The minimum Gasteiger partial charge on any atom is -0.369 e. The van der Waals surface area contributed by atoms with Gasteiger partial charge in [-0.1, -0.05) is 0 Å². The van der Waals surface area contributed by atoms with E-state index in [1.165, 1.54) is 12.1 Å². The van der Waals surface area contributed by atoms with Crippen LogP contribution in [-0.4, -0.2) is 29.1 Å². The maximum absolute atomic E-state index is 15.2. The molecular formula is C21H25FN4O2. The molecule has 2 aliphatic carbocycles. The quantitative estimate of drug-likeness (QED) is 0.845. The van der Waals surface area contributed by atoms with Crippen molar-refractivity contribution in [2.24, 2.45) is 17.4 Å². The van der Waals surface area contributed by atoms with Crippen LogP contribution in [0, 0.1) is 18.7 Å². The third kappa shape index (κ3) is 2.56. The number of nitrogens with two attached hydrogens (primary N) is 2. The van der Waals surface area contributed by atoms with Crippen molar-refractivity contribution in [3.8, 4) is 0 Å². The SMILES string of the molecule is Cc1c(N2CC[C@@H](C3(N)CC3)C2)c(F)cc2cc(C(N)=O)c(=O)n(C3CC3)c12. The summed E-state index contributed by atoms with van der Waals surface area (Å²) in [4.78, 5) is 26.7. The number of halogens is 1. The molecule has 6 nitrogen and oxygen atoms in total. The van der Waals surface area contributed by atoms with E-state index >= 15 is 4.39 Å². The zero-order valence-electron chi connectivity index (χ0n) is 16.0. The van der Waals surface area contributed by atoms with Gasteiger partial charge in [0.05, 0.1) is 11.2 Å². The van der Waals surface area contributed by atoms with Gasteiger partial charge in [0.2, 0.25) is 0 Å². The molecule has 1 saturated heterocycles. The monoisotopic (exact) mass is 384 g/mol. The van der Waals surface area contributed by atoms with Gasteiger partial charge in [-0.3, -0.25) is 9.59 Å². The van der Waals surface area contributed by atoms with Crippen molar-refractivity contribution in [2.75, 3.05) is 18.0 Å². The number of nitrogens with zero attached hydrogens (tertiary/aromatic N) is 2. The summed E-state index contributed by atoms with van der Waals surface area (Å²) in [7, 11) is 0. The van der Waals surface area contributed by atoms with E-state index in [0.29, 0.717) is 22.5 Å². The zero-order valence-corrected chi connectivity index (χ0v) is 16.0. The molecule has 5 rings (SSSR count). The van der Waals surface area contributed by atoms with Gasteiger partial charge < -0.3 is 20.9 Å². The van der Waals surface area contributed by atoms with E-state index in [4.69, 9.17) is 11.5 Å². The highest BCUT2D eigenvalue weighted by atomic mass is 19.1. The molecule has 2 aromatic rings. The number of anilines is 1. The summed E-state index contributed by atoms with van der Waals surface area (Å²) in [5.41, 5.74) is 13.3. The smallest absolute Gasteiger partial charge is 0.264 e. The van der Waals surface area contributed by atoms with Crippen molar-refractivity contribution < 1.29 is 9.18 Å². The van der Waals surface area contributed by atoms with Crippen LogP contribution in [0.4, 0.5) is 10.1 Å². The number of benzene rings is 1. The molecule has 0 spiro atoms. The van der Waals surface area contributed by atoms with Gasteiger partial charge in [0.1, 0.15) is 11.4 Å². The number of primary amides is 1. The predicted molar refractivity (Wildman–Crippen MR) is 106 cm³/mol. The molecule has 7 heteroatoms. The summed E-state index contributed by atoms with van der Waals surface area (Å²) < 4.78 is 16.8. The first-order valence-electron chi connectivity index (χ1n) is 10.0. The van der Waals surface area contributed by atoms with Crippen LogP contribution in [0.1, 0.15) is 54.1 Å². The molecule has 0 bridgehead atoms. The third-order valence-corrected chi connectivity index (χ3v) is 6.80. The standard InChI is InChI=1S/C21H25FN4O2/c1-11-17-12(8-15(19(23)27)20(28)26(17)14-2-3-14)9-16(22)18(11)25-7-4-13(10-25)21(24)5-6-21/h8-9,13-14H,2-7,10,24H2,1H3,(H2,23,27)/t13-/m1/s1. The lowest BCUT2D eigenvalue weighted by Crippen LogP contribution is -2.35. The fourth-order valence-electron chi connectivity index (χ4n) is 4.89. The second-order valence-electron chi connectivity index (χ2n) is 8.76. The first kappa shape index (κ1) is 17.7. The number of carbonyl (C=O) groups excluding carboxylic acids is 1. The average Bonchev–Trinajstić information content (AvgIpc) is 3.55. The molecule has 1 amide bonds. The maximum Gasteiger partial charge on any atom is 0.264 e. The number of rotatable bonds is 4. The van der Waals surface area contributed by atoms with E-state index in [1.807, 2.05) is 6.92 Å². The number of hydrogen-bond acceptors (Lipinski definition) is 4. The van der Waals surface area contributed by atoms with Gasteiger partial charge in [0, 0.05) is 30.1 Å². The zero-order chi connectivity index (χ0) is 19.8. The largest absolute Gasteiger partial charge is 0.369 e. The van der Waals surface area contributed by atoms with Gasteiger partial charge in [-0.25, -0.2) is 4.39 Å². The Morgan fingerprint density at radius 3 is 2.57 bits per heavy atom. The molecule has 3 aliphatic rings. The molecule has 28 heavy (non-hydrogen) atoms. The van der Waals surface area contributed by atoms with Gasteiger partial charge in [0.25, 0.3) is 11.5 Å². The second kappa shape index (κ2) is 5.80. The molecule has 1 aliphatic heterocycles. The van der Waals surface area contributed by atoms with Crippen LogP contribution in [0.15, 0.2) is 16.9 Å². The summed E-state index contributed by atoms with van der Waals surface area (Å²) >= 11 is 0. The van der Waals surface area contributed by atoms with Crippen molar-refractivity contribution in [1.29, 1.82) is 0 Å². The van der Waals surface area contributed by atoms with E-state index in [0.717, 1.165) is 50.8 Å². The second-order valence-corrected chi connectivity index (χ2v) is 8.76. The highest BCUT2D eigenvalue weighted by Gasteiger charge is 2.48. The Kier molecular flexibility index (Phi) is 3.66. The van der Waals surface area contributed by atoms with Gasteiger partial charge in [0.15, 0.2) is 0 Å². The fourth-order valence-corrected chi connectivity index (χ4v) is 4.89. The van der Waals surface area contributed by atoms with Crippen molar-refractivity contribution >= 4 is 22.5 Å². The lowest BCUT2D eigenvalue weighted by Gasteiger charge is -2.25. The number of aromatic nitrogens is 1. The minimum absolute atomic E-state index is 0.0522. The third-order valence-electron chi connectivity index (χ3n) is 6.80. The molecule has 148 valence electrons. The van der Waals surface area contributed by atoms with Crippen LogP contribution in [0.2, 0.25) is 0 Å². The molecule has 2 saturated carbocycles. The Morgan fingerprint density at radius 2 is 1.96 bits per heavy atom. The molecule has 2 heterocycles. The average molecular weight is 384 g/mol. The van der Waals surface area contributed by atoms with Crippen molar-refractivity contribution in [1.82, 2.24) is 4.57 Å². The first-order chi connectivity index (χ1) is 13.3. The van der Waals surface area contributed by atoms with Crippen molar-refractivity contribution in [2.45, 2.75) is 50.6 Å². The number of pyridine rings is 1. The van der Waals surface area contributed by atoms with Crippen LogP contribution in [0.3, 0.4) is 0 Å². The van der Waals surface area contributed by atoms with Gasteiger partial charge in [-0.15, -0.1) is 0 Å². The minimum atomic E-state index is -0.775. The summed E-state index contributed by atoms with van der Waals surface area (Å²) in [6.07, 6.45) is 4.81. The van der Waals surface area contributed by atoms with E-state index in [9.17, 15) is 9.59 Å². The van der Waals surface area contributed by atoms with E-state index in [1.54, 1.807) is 4.57 Å². The summed E-state index contributed by atoms with van der Waals surface area (Å²) in [5, 5.41) is 0.548. The van der Waals surface area contributed by atoms with Crippen molar-refractivity contribution in [3.05, 3.63) is 39.4 Å². The van der Waals surface area contributed by atoms with Crippen LogP contribution in [0.25, 0.3) is 10.9 Å². The summed E-state index contributed by atoms with van der Waals surface area (Å²) in [6, 6.07) is 2.92. The molecule has 1 aromatic heterocycles. The van der Waals surface area contributed by atoms with Crippen LogP contribution < -0.4 is 21.9 Å². The Balaban J connectivity index is 1.68. The molecule has 3 fully saturated rings. The van der Waals surface area contributed by atoms with Gasteiger partial charge >= 0.3 is 0 Å². The molecule has 1 aromatic carbocycles. The van der Waals surface area contributed by atoms with Crippen LogP contribution in [-0.2, 0) is 0 Å². The number of carbonyl (C=O) groups is 1. The Hall–Kier alpha value is -2.41. The number of fused-ring (bicyclic) bond motifs is 1. The lowest BCUT2D eigenvalue weighted by molar-refractivity contribution is 0.0998. The first-order valence-corrected chi connectivity index (χ1v) is 10.0. The molecule has 0 radical (unpaired) electrons. The normalized spacial score (nSPS) is 23.4. The molecular weight excluding hydrogens is 359 g/mol. The molecule has 1 atom stereocenters. The Morgan fingerprint density at radius 1 is 1.25 bits per heavy atom. The maximum atomic E-state index is 15.2. The van der Waals surface area contributed by atoms with Gasteiger partial charge in [-0.05, 0) is 62.6 Å². The van der Waals surface area contributed by atoms with E-state index in [2.05, 4.69) is 4.90 Å². The molecule has 4 N–H and O–H groups in total. The fraction of sp³-hybridized carbons (Fsp3) is 0.524. The Labute approximate surface area is 162 Å². The van der Waals surface area contributed by atoms with Crippen molar-refractivity contribution in [3.63, 3.8) is 0 Å². The van der Waals surface area contributed by atoms with Crippen LogP contribution >= 0.6 is 0 Å². The van der Waals surface area contributed by atoms with E-state index in [-0.39, 0.29) is 28.5 Å². The highest BCUT2D eigenvalue weighted by molar-refractivity contribution is 5.98. The van der Waals surface area contributed by atoms with E-state index < -0.39 is 5.91 Å². The molecule has 0 unspecified atom stereocenters. The lowest BCUT2D eigenvalue weighted by atomic mass is 9.97. The van der Waals surface area contributed by atoms with Gasteiger partial charge in [-0.2, -0.15) is 0 Å². The topological polar surface area (TPSA) is 94.3 Å². The summed E-state index contributed by atoms with van der Waals surface area (Å²) in [6.45, 7) is 3.37. The highest BCUT2D eigenvalue weighted by Crippen LogP contribution is 2.46. The number of aryl methyl sites for hydroxylation is 1. The predicted octanol–water partition coefficient (Wildman–Crippen LogP) is 2.20. The number of amides is 1. The van der Waals surface area contributed by atoms with Crippen LogP contribution in [0.5, 0.6) is 0 Å². The Bertz CT molecular complexity index is 1070. The summed E-state index contributed by atoms with van der Waals surface area (Å²) in [5.74, 6) is -0.725.